The number of benzene rings is 3. The third-order valence-corrected chi connectivity index (χ3v) is 4.92. The van der Waals surface area contributed by atoms with Crippen LogP contribution >= 0.6 is 11.6 Å². The maximum Gasteiger partial charge on any atom is 0.275 e. The number of carbonyl (C=O) groups is 2. The van der Waals surface area contributed by atoms with Gasteiger partial charge in [0.1, 0.15) is 17.2 Å². The van der Waals surface area contributed by atoms with Crippen molar-refractivity contribution in [3.05, 3.63) is 59.1 Å². The van der Waals surface area contributed by atoms with E-state index in [2.05, 4.69) is 15.8 Å². The molecule has 3 aromatic carbocycles. The molecule has 0 saturated heterocycles. The highest BCUT2D eigenvalue weighted by molar-refractivity contribution is 6.32. The Bertz CT molecular complexity index is 1210. The van der Waals surface area contributed by atoms with Gasteiger partial charge in [0, 0.05) is 17.8 Å². The zero-order valence-corrected chi connectivity index (χ0v) is 18.5. The van der Waals surface area contributed by atoms with E-state index in [-0.39, 0.29) is 23.6 Å². The molecule has 0 radical (unpaired) electrons. The average Bonchev–Trinajstić information content (AvgIpc) is 2.77. The molecule has 32 heavy (non-hydrogen) atoms. The molecule has 0 spiro atoms. The van der Waals surface area contributed by atoms with Crippen LogP contribution in [0.5, 0.6) is 17.2 Å². The van der Waals surface area contributed by atoms with Crippen LogP contribution in [0.2, 0.25) is 5.02 Å². The predicted octanol–water partition coefficient (Wildman–Crippen LogP) is 4.35. The molecule has 0 aliphatic rings. The summed E-state index contributed by atoms with van der Waals surface area (Å²) >= 11 is 6.07. The van der Waals surface area contributed by atoms with Crippen molar-refractivity contribution in [3.63, 3.8) is 0 Å². The SMILES string of the molecule is COc1cc(NC(=O)C/C(C)=N/NC(=O)c2cc3ccccc3cc2O)c(OC)cc1Cl. The molecule has 0 atom stereocenters. The number of aromatic hydroxyl groups is 1. The summed E-state index contributed by atoms with van der Waals surface area (Å²) in [5.74, 6) is -0.362. The van der Waals surface area contributed by atoms with Crippen LogP contribution in [-0.2, 0) is 4.79 Å². The lowest BCUT2D eigenvalue weighted by molar-refractivity contribution is -0.115. The number of ether oxygens (including phenoxy) is 2. The molecule has 0 aliphatic heterocycles. The summed E-state index contributed by atoms with van der Waals surface area (Å²) in [6, 6.07) is 13.5. The highest BCUT2D eigenvalue weighted by Crippen LogP contribution is 2.35. The quantitative estimate of drug-likeness (QED) is 0.362. The van der Waals surface area contributed by atoms with Crippen LogP contribution in [0.15, 0.2) is 53.6 Å². The molecule has 2 amide bonds. The third-order valence-electron chi connectivity index (χ3n) is 4.62. The number of hydrazone groups is 1. The summed E-state index contributed by atoms with van der Waals surface area (Å²) in [5, 5.41) is 18.8. The number of phenolic OH excluding ortho intramolecular Hbond substituents is 1. The predicted molar refractivity (Wildman–Crippen MR) is 124 cm³/mol. The molecule has 0 fully saturated rings. The fourth-order valence-electron chi connectivity index (χ4n) is 3.04. The minimum Gasteiger partial charge on any atom is -0.507 e. The van der Waals surface area contributed by atoms with Crippen molar-refractivity contribution in [2.24, 2.45) is 5.10 Å². The average molecular weight is 456 g/mol. The van der Waals surface area contributed by atoms with E-state index in [0.29, 0.717) is 27.9 Å². The van der Waals surface area contributed by atoms with Gasteiger partial charge in [0.25, 0.3) is 5.91 Å². The van der Waals surface area contributed by atoms with Crippen molar-refractivity contribution in [2.45, 2.75) is 13.3 Å². The van der Waals surface area contributed by atoms with E-state index >= 15 is 0 Å². The molecular formula is C23H22ClN3O5. The summed E-state index contributed by atoms with van der Waals surface area (Å²) in [7, 11) is 2.92. The Morgan fingerprint density at radius 3 is 2.34 bits per heavy atom. The fourth-order valence-corrected chi connectivity index (χ4v) is 3.27. The maximum atomic E-state index is 12.5. The second-order valence-corrected chi connectivity index (χ2v) is 7.32. The molecule has 8 nitrogen and oxygen atoms in total. The smallest absolute Gasteiger partial charge is 0.275 e. The number of halogens is 1. The van der Waals surface area contributed by atoms with Crippen LogP contribution in [0.25, 0.3) is 10.8 Å². The normalized spacial score (nSPS) is 11.2. The number of nitrogens with one attached hydrogen (secondary N) is 2. The number of anilines is 1. The zero-order valence-electron chi connectivity index (χ0n) is 17.7. The molecule has 0 saturated carbocycles. The van der Waals surface area contributed by atoms with E-state index in [4.69, 9.17) is 21.1 Å². The number of methoxy groups -OCH3 is 2. The summed E-state index contributed by atoms with van der Waals surface area (Å²) in [4.78, 5) is 24.9. The number of nitrogens with zero attached hydrogens (tertiary/aromatic N) is 1. The van der Waals surface area contributed by atoms with Gasteiger partial charge in [-0.1, -0.05) is 35.9 Å². The summed E-state index contributed by atoms with van der Waals surface area (Å²) in [6.45, 7) is 1.60. The minimum atomic E-state index is -0.586. The topological polar surface area (TPSA) is 109 Å². The lowest BCUT2D eigenvalue weighted by Gasteiger charge is -2.13. The van der Waals surface area contributed by atoms with Crippen molar-refractivity contribution in [3.8, 4) is 17.2 Å². The van der Waals surface area contributed by atoms with Gasteiger partial charge in [-0.25, -0.2) is 5.43 Å². The van der Waals surface area contributed by atoms with Gasteiger partial charge in [-0.2, -0.15) is 5.10 Å². The van der Waals surface area contributed by atoms with Gasteiger partial charge in [-0.3, -0.25) is 9.59 Å². The first-order valence-electron chi connectivity index (χ1n) is 9.59. The monoisotopic (exact) mass is 455 g/mol. The Morgan fingerprint density at radius 1 is 1.03 bits per heavy atom. The van der Waals surface area contributed by atoms with Crippen molar-refractivity contribution in [1.82, 2.24) is 5.43 Å². The number of rotatable bonds is 7. The Kier molecular flexibility index (Phi) is 7.17. The molecule has 3 aromatic rings. The largest absolute Gasteiger partial charge is 0.507 e. The maximum absolute atomic E-state index is 12.5. The van der Waals surface area contributed by atoms with Gasteiger partial charge >= 0.3 is 0 Å². The minimum absolute atomic E-state index is 0.0852. The van der Waals surface area contributed by atoms with Gasteiger partial charge in [-0.15, -0.1) is 0 Å². The first kappa shape index (κ1) is 22.9. The van der Waals surface area contributed by atoms with Crippen LogP contribution in [0, 0.1) is 0 Å². The number of carbonyl (C=O) groups excluding carboxylic acids is 2. The molecule has 3 N–H and O–H groups in total. The summed E-state index contributed by atoms with van der Waals surface area (Å²) < 4.78 is 10.4. The molecule has 166 valence electrons. The van der Waals surface area contributed by atoms with Crippen LogP contribution < -0.4 is 20.2 Å². The first-order chi connectivity index (χ1) is 15.3. The molecule has 0 aliphatic carbocycles. The van der Waals surface area contributed by atoms with E-state index in [1.807, 2.05) is 24.3 Å². The fraction of sp³-hybridized carbons (Fsp3) is 0.174. The van der Waals surface area contributed by atoms with Crippen molar-refractivity contribution < 1.29 is 24.2 Å². The highest BCUT2D eigenvalue weighted by atomic mass is 35.5. The Hall–Kier alpha value is -3.78. The standard InChI is InChI=1S/C23H22ClN3O5/c1-13(8-22(29)25-18-12-20(31-2)17(24)11-21(18)32-3)26-27-23(30)16-9-14-6-4-5-7-15(14)10-19(16)28/h4-7,9-12,28H,8H2,1-3H3,(H,25,29)(H,27,30)/b26-13+. The number of hydrogen-bond donors (Lipinski definition) is 3. The van der Waals surface area contributed by atoms with Crippen LogP contribution in [-0.4, -0.2) is 36.9 Å². The van der Waals surface area contributed by atoms with E-state index in [1.54, 1.807) is 19.1 Å². The Morgan fingerprint density at radius 2 is 1.69 bits per heavy atom. The summed E-state index contributed by atoms with van der Waals surface area (Å²) in [6.07, 6.45) is -0.0852. The molecule has 0 aromatic heterocycles. The summed E-state index contributed by atoms with van der Waals surface area (Å²) in [5.41, 5.74) is 3.20. The van der Waals surface area contributed by atoms with Gasteiger partial charge < -0.3 is 19.9 Å². The molecular weight excluding hydrogens is 434 g/mol. The lowest BCUT2D eigenvalue weighted by Crippen LogP contribution is -2.21. The van der Waals surface area contributed by atoms with E-state index in [0.717, 1.165) is 10.8 Å². The second kappa shape index (κ2) is 10.0. The van der Waals surface area contributed by atoms with Crippen molar-refractivity contribution in [2.75, 3.05) is 19.5 Å². The Labute approximate surface area is 189 Å². The number of hydrogen-bond acceptors (Lipinski definition) is 6. The van der Waals surface area contributed by atoms with Crippen molar-refractivity contribution >= 4 is 45.6 Å². The van der Waals surface area contributed by atoms with E-state index in [1.165, 1.54) is 26.4 Å². The van der Waals surface area contributed by atoms with Crippen LogP contribution in [0.3, 0.4) is 0 Å². The molecule has 0 heterocycles. The second-order valence-electron chi connectivity index (χ2n) is 6.92. The van der Waals surface area contributed by atoms with E-state index in [9.17, 15) is 14.7 Å². The zero-order chi connectivity index (χ0) is 23.3. The molecule has 0 unspecified atom stereocenters. The van der Waals surface area contributed by atoms with Crippen molar-refractivity contribution in [1.29, 1.82) is 0 Å². The Balaban J connectivity index is 1.67. The lowest BCUT2D eigenvalue weighted by atomic mass is 10.1. The van der Waals surface area contributed by atoms with Crippen LogP contribution in [0.1, 0.15) is 23.7 Å². The number of amides is 2. The molecule has 9 heteroatoms. The van der Waals surface area contributed by atoms with Gasteiger partial charge in [0.15, 0.2) is 0 Å². The highest BCUT2D eigenvalue weighted by Gasteiger charge is 2.15. The first-order valence-corrected chi connectivity index (χ1v) is 9.96. The third kappa shape index (κ3) is 5.28. The number of fused-ring (bicyclic) bond motifs is 1. The van der Waals surface area contributed by atoms with Gasteiger partial charge in [0.2, 0.25) is 5.91 Å². The van der Waals surface area contributed by atoms with E-state index < -0.39 is 5.91 Å². The van der Waals surface area contributed by atoms with Gasteiger partial charge in [-0.05, 0) is 29.8 Å². The number of phenols is 1. The van der Waals surface area contributed by atoms with Crippen LogP contribution in [0.4, 0.5) is 5.69 Å². The molecule has 0 bridgehead atoms. The molecule has 3 rings (SSSR count). The van der Waals surface area contributed by atoms with Gasteiger partial charge in [0.05, 0.1) is 36.9 Å².